The molecule has 1 amide bonds. The topological polar surface area (TPSA) is 42.0 Å². The van der Waals surface area contributed by atoms with E-state index in [-0.39, 0.29) is 11.7 Å². The number of pyridine rings is 1. The number of thiophene rings is 1. The van der Waals surface area contributed by atoms with Crippen molar-refractivity contribution in [2.75, 3.05) is 5.32 Å². The van der Waals surface area contributed by atoms with Gasteiger partial charge in [-0.15, -0.1) is 11.3 Å². The first-order valence-corrected chi connectivity index (χ1v) is 7.78. The summed E-state index contributed by atoms with van der Waals surface area (Å²) in [5.74, 6) is 0.0254. The van der Waals surface area contributed by atoms with Gasteiger partial charge in [-0.1, -0.05) is 18.2 Å². The number of halogens is 1. The molecule has 23 heavy (non-hydrogen) atoms. The van der Waals surface area contributed by atoms with Crippen LogP contribution >= 0.6 is 11.3 Å². The van der Waals surface area contributed by atoms with Gasteiger partial charge in [0.15, 0.2) is 0 Å². The molecule has 0 aliphatic heterocycles. The van der Waals surface area contributed by atoms with E-state index in [4.69, 9.17) is 0 Å². The molecular weight excluding hydrogens is 311 g/mol. The van der Waals surface area contributed by atoms with Crippen molar-refractivity contribution in [1.29, 1.82) is 0 Å². The summed E-state index contributed by atoms with van der Waals surface area (Å²) in [6, 6.07) is 15.5. The molecule has 0 bridgehead atoms. The number of anilines is 1. The summed E-state index contributed by atoms with van der Waals surface area (Å²) in [7, 11) is 0. The van der Waals surface area contributed by atoms with Crippen LogP contribution in [0, 0.1) is 5.82 Å². The average Bonchev–Trinajstić information content (AvgIpc) is 3.04. The molecule has 3 aromatic rings. The third-order valence-corrected chi connectivity index (χ3v) is 4.17. The molecule has 0 saturated heterocycles. The minimum absolute atomic E-state index is 0.236. The number of carbonyl (C=O) groups excluding carboxylic acids is 1. The van der Waals surface area contributed by atoms with Crippen LogP contribution < -0.4 is 5.32 Å². The predicted octanol–water partition coefficient (Wildman–Crippen LogP) is 4.60. The lowest BCUT2D eigenvalue weighted by molar-refractivity contribution is -0.111. The first-order valence-electron chi connectivity index (χ1n) is 6.96. The summed E-state index contributed by atoms with van der Waals surface area (Å²) in [5, 5.41) is 2.68. The number of aromatic nitrogens is 1. The van der Waals surface area contributed by atoms with Crippen LogP contribution in [0.25, 0.3) is 16.5 Å². The van der Waals surface area contributed by atoms with Crippen LogP contribution in [0.5, 0.6) is 0 Å². The molecule has 0 fully saturated rings. The van der Waals surface area contributed by atoms with Crippen LogP contribution in [-0.2, 0) is 4.79 Å². The van der Waals surface area contributed by atoms with Crippen molar-refractivity contribution in [1.82, 2.24) is 4.98 Å². The predicted molar refractivity (Wildman–Crippen MR) is 91.6 cm³/mol. The third-order valence-electron chi connectivity index (χ3n) is 3.07. The Kier molecular flexibility index (Phi) is 4.59. The molecule has 3 rings (SSSR count). The fraction of sp³-hybridized carbons (Fsp3) is 0. The Balaban J connectivity index is 1.66. The quantitative estimate of drug-likeness (QED) is 0.713. The average molecular weight is 324 g/mol. The highest BCUT2D eigenvalue weighted by atomic mass is 32.1. The summed E-state index contributed by atoms with van der Waals surface area (Å²) in [6.07, 6.45) is 4.83. The standard InChI is InChI=1S/C18H13FN2OS/c19-14-6-4-13(5-7-14)16-10-8-15(23-16)9-11-18(22)21-17-3-1-2-12-20-17/h1-12H,(H,20,21,22). The van der Waals surface area contributed by atoms with E-state index in [1.807, 2.05) is 12.1 Å². The highest BCUT2D eigenvalue weighted by Crippen LogP contribution is 2.28. The van der Waals surface area contributed by atoms with Gasteiger partial charge in [-0.3, -0.25) is 4.79 Å². The van der Waals surface area contributed by atoms with Crippen LogP contribution in [0.3, 0.4) is 0 Å². The number of rotatable bonds is 4. The van der Waals surface area contributed by atoms with Gasteiger partial charge in [0, 0.05) is 22.0 Å². The maximum absolute atomic E-state index is 12.9. The Morgan fingerprint density at radius 2 is 1.91 bits per heavy atom. The second kappa shape index (κ2) is 6.98. The van der Waals surface area contributed by atoms with Crippen molar-refractivity contribution in [3.63, 3.8) is 0 Å². The van der Waals surface area contributed by atoms with Crippen molar-refractivity contribution in [3.05, 3.63) is 77.6 Å². The second-order valence-electron chi connectivity index (χ2n) is 4.75. The van der Waals surface area contributed by atoms with Gasteiger partial charge in [0.2, 0.25) is 5.91 Å². The molecule has 0 spiro atoms. The number of amides is 1. The number of benzene rings is 1. The van der Waals surface area contributed by atoms with Crippen molar-refractivity contribution in [2.45, 2.75) is 0 Å². The summed E-state index contributed by atoms with van der Waals surface area (Å²) in [6.45, 7) is 0. The molecule has 0 aliphatic carbocycles. The van der Waals surface area contributed by atoms with E-state index < -0.39 is 0 Å². The molecule has 1 aromatic carbocycles. The van der Waals surface area contributed by atoms with Gasteiger partial charge in [-0.25, -0.2) is 9.37 Å². The molecule has 2 heterocycles. The summed E-state index contributed by atoms with van der Waals surface area (Å²) >= 11 is 1.54. The van der Waals surface area contributed by atoms with E-state index in [1.54, 1.807) is 42.6 Å². The Morgan fingerprint density at radius 3 is 2.65 bits per heavy atom. The van der Waals surface area contributed by atoms with Crippen LogP contribution in [0.15, 0.2) is 66.9 Å². The Labute approximate surface area is 137 Å². The largest absolute Gasteiger partial charge is 0.307 e. The van der Waals surface area contributed by atoms with E-state index in [0.29, 0.717) is 5.82 Å². The van der Waals surface area contributed by atoms with Gasteiger partial charge < -0.3 is 5.32 Å². The second-order valence-corrected chi connectivity index (χ2v) is 5.86. The molecule has 0 atom stereocenters. The maximum atomic E-state index is 12.9. The van der Waals surface area contributed by atoms with Crippen LogP contribution in [0.1, 0.15) is 4.88 Å². The van der Waals surface area contributed by atoms with Gasteiger partial charge in [0.1, 0.15) is 11.6 Å². The lowest BCUT2D eigenvalue weighted by atomic mass is 10.2. The fourth-order valence-corrected chi connectivity index (χ4v) is 2.89. The monoisotopic (exact) mass is 324 g/mol. The SMILES string of the molecule is O=C(C=Cc1ccc(-c2ccc(F)cc2)s1)Nc1ccccn1. The van der Waals surface area contributed by atoms with Crippen LogP contribution in [0.4, 0.5) is 10.2 Å². The Morgan fingerprint density at radius 1 is 1.09 bits per heavy atom. The lowest BCUT2D eigenvalue weighted by Crippen LogP contribution is -2.08. The molecular formula is C18H13FN2OS. The minimum Gasteiger partial charge on any atom is -0.307 e. The van der Waals surface area contributed by atoms with Gasteiger partial charge >= 0.3 is 0 Å². The van der Waals surface area contributed by atoms with Crippen molar-refractivity contribution >= 4 is 29.1 Å². The summed E-state index contributed by atoms with van der Waals surface area (Å²) < 4.78 is 12.9. The molecule has 1 N–H and O–H groups in total. The van der Waals surface area contributed by atoms with E-state index in [9.17, 15) is 9.18 Å². The zero-order valence-corrected chi connectivity index (χ0v) is 12.9. The smallest absolute Gasteiger partial charge is 0.249 e. The fourth-order valence-electron chi connectivity index (χ4n) is 1.97. The molecule has 0 radical (unpaired) electrons. The first-order chi connectivity index (χ1) is 11.2. The Bertz CT molecular complexity index is 826. The molecule has 0 unspecified atom stereocenters. The highest BCUT2D eigenvalue weighted by Gasteiger charge is 2.02. The van der Waals surface area contributed by atoms with Gasteiger partial charge in [0.25, 0.3) is 0 Å². The van der Waals surface area contributed by atoms with Gasteiger partial charge in [0.05, 0.1) is 0 Å². The lowest BCUT2D eigenvalue weighted by Gasteiger charge is -1.98. The summed E-state index contributed by atoms with van der Waals surface area (Å²) in [4.78, 5) is 17.8. The number of nitrogens with one attached hydrogen (secondary N) is 1. The van der Waals surface area contributed by atoms with Crippen molar-refractivity contribution in [2.24, 2.45) is 0 Å². The molecule has 2 aromatic heterocycles. The van der Waals surface area contributed by atoms with E-state index in [2.05, 4.69) is 10.3 Å². The van der Waals surface area contributed by atoms with Gasteiger partial charge in [-0.2, -0.15) is 0 Å². The Hall–Kier alpha value is -2.79. The third kappa shape index (κ3) is 4.11. The molecule has 0 aliphatic rings. The van der Waals surface area contributed by atoms with Crippen LogP contribution in [0.2, 0.25) is 0 Å². The number of hydrogen-bond acceptors (Lipinski definition) is 3. The first kappa shape index (κ1) is 15.1. The van der Waals surface area contributed by atoms with E-state index in [0.717, 1.165) is 15.3 Å². The maximum Gasteiger partial charge on any atom is 0.249 e. The number of hydrogen-bond donors (Lipinski definition) is 1. The summed E-state index contributed by atoms with van der Waals surface area (Å²) in [5.41, 5.74) is 0.953. The minimum atomic E-state index is -0.253. The zero-order valence-electron chi connectivity index (χ0n) is 12.1. The van der Waals surface area contributed by atoms with E-state index in [1.165, 1.54) is 29.5 Å². The molecule has 5 heteroatoms. The van der Waals surface area contributed by atoms with Crippen LogP contribution in [-0.4, -0.2) is 10.9 Å². The normalized spacial score (nSPS) is 10.8. The van der Waals surface area contributed by atoms with E-state index >= 15 is 0 Å². The zero-order chi connectivity index (χ0) is 16.1. The van der Waals surface area contributed by atoms with Gasteiger partial charge in [-0.05, 0) is 48.0 Å². The van der Waals surface area contributed by atoms with Crippen molar-refractivity contribution < 1.29 is 9.18 Å². The molecule has 114 valence electrons. The number of nitrogens with zero attached hydrogens (tertiary/aromatic N) is 1. The molecule has 3 nitrogen and oxygen atoms in total. The van der Waals surface area contributed by atoms with Crippen molar-refractivity contribution in [3.8, 4) is 10.4 Å². The molecule has 0 saturated carbocycles. The number of carbonyl (C=O) groups is 1. The highest BCUT2D eigenvalue weighted by molar-refractivity contribution is 7.16.